The summed E-state index contributed by atoms with van der Waals surface area (Å²) in [6.45, 7) is 1.53. The molecule has 0 aromatic heterocycles. The summed E-state index contributed by atoms with van der Waals surface area (Å²) in [6.07, 6.45) is 8.39. The van der Waals surface area contributed by atoms with Crippen molar-refractivity contribution in [2.24, 2.45) is 17.8 Å². The van der Waals surface area contributed by atoms with Gasteiger partial charge >= 0.3 is 0 Å². The Balaban J connectivity index is 1.52. The zero-order valence-corrected chi connectivity index (χ0v) is 9.86. The number of rotatable bonds is 2. The summed E-state index contributed by atoms with van der Waals surface area (Å²) in [5.41, 5.74) is 0. The third-order valence-electron chi connectivity index (χ3n) is 4.60. The molecule has 90 valence electrons. The number of nitrogens with zero attached hydrogens (tertiary/aromatic N) is 1. The molecule has 2 aliphatic carbocycles. The predicted octanol–water partition coefficient (Wildman–Crippen LogP) is 2.37. The molecule has 1 saturated heterocycles. The minimum Gasteiger partial charge on any atom is -0.273 e. The molecule has 0 N–H and O–H groups in total. The van der Waals surface area contributed by atoms with Crippen LogP contribution in [0.3, 0.4) is 0 Å². The van der Waals surface area contributed by atoms with Crippen LogP contribution in [0.4, 0.5) is 0 Å². The first-order valence-electron chi connectivity index (χ1n) is 6.76. The van der Waals surface area contributed by atoms with E-state index in [0.29, 0.717) is 5.92 Å². The zero-order valence-electron chi connectivity index (χ0n) is 9.86. The summed E-state index contributed by atoms with van der Waals surface area (Å²) in [7, 11) is 0. The predicted molar refractivity (Wildman–Crippen MR) is 60.5 cm³/mol. The highest BCUT2D eigenvalue weighted by atomic mass is 16.7. The molecule has 3 atom stereocenters. The Morgan fingerprint density at radius 1 is 1.25 bits per heavy atom. The molecule has 3 heteroatoms. The van der Waals surface area contributed by atoms with Crippen LogP contribution < -0.4 is 0 Å². The Kier molecular flexibility index (Phi) is 2.88. The molecule has 2 saturated carbocycles. The summed E-state index contributed by atoms with van der Waals surface area (Å²) < 4.78 is 0. The van der Waals surface area contributed by atoms with Crippen LogP contribution in [0.5, 0.6) is 0 Å². The monoisotopic (exact) mass is 223 g/mol. The van der Waals surface area contributed by atoms with Crippen LogP contribution in [0.15, 0.2) is 0 Å². The fraction of sp³-hybridized carbons (Fsp3) is 0.923. The molecule has 1 amide bonds. The smallest absolute Gasteiger partial charge is 0.246 e. The highest BCUT2D eigenvalue weighted by molar-refractivity contribution is 5.75. The lowest BCUT2D eigenvalue weighted by Crippen LogP contribution is -2.37. The van der Waals surface area contributed by atoms with Crippen molar-refractivity contribution in [1.82, 2.24) is 5.06 Å². The number of amides is 1. The second-order valence-corrected chi connectivity index (χ2v) is 5.68. The highest BCUT2D eigenvalue weighted by Crippen LogP contribution is 2.49. The molecule has 2 bridgehead atoms. The number of carbonyl (C=O) groups is 1. The Morgan fingerprint density at radius 3 is 2.81 bits per heavy atom. The Bertz CT molecular complexity index is 273. The number of hydrogen-bond acceptors (Lipinski definition) is 2. The van der Waals surface area contributed by atoms with Crippen LogP contribution in [-0.2, 0) is 9.63 Å². The van der Waals surface area contributed by atoms with Gasteiger partial charge < -0.3 is 0 Å². The Morgan fingerprint density at radius 2 is 2.19 bits per heavy atom. The van der Waals surface area contributed by atoms with Gasteiger partial charge in [0, 0.05) is 13.0 Å². The van der Waals surface area contributed by atoms with Gasteiger partial charge in [-0.2, -0.15) is 0 Å². The lowest BCUT2D eigenvalue weighted by atomic mass is 9.86. The van der Waals surface area contributed by atoms with Crippen LogP contribution in [-0.4, -0.2) is 24.1 Å². The van der Waals surface area contributed by atoms with Gasteiger partial charge in [-0.15, -0.1) is 0 Å². The van der Waals surface area contributed by atoms with Gasteiger partial charge in [-0.05, 0) is 49.9 Å². The number of hydrogen-bond donors (Lipinski definition) is 0. The van der Waals surface area contributed by atoms with Gasteiger partial charge in [0.25, 0.3) is 0 Å². The summed E-state index contributed by atoms with van der Waals surface area (Å²) in [5.74, 6) is 2.68. The van der Waals surface area contributed by atoms with Gasteiger partial charge in [0.1, 0.15) is 0 Å². The Labute approximate surface area is 97.1 Å². The van der Waals surface area contributed by atoms with E-state index < -0.39 is 0 Å². The van der Waals surface area contributed by atoms with Crippen molar-refractivity contribution in [3.05, 3.63) is 0 Å². The molecule has 0 spiro atoms. The molecular formula is C13H21NO2. The lowest BCUT2D eigenvalue weighted by molar-refractivity contribution is -0.198. The molecule has 0 aromatic carbocycles. The zero-order chi connectivity index (χ0) is 11.0. The maximum absolute atomic E-state index is 12.0. The topological polar surface area (TPSA) is 29.5 Å². The molecule has 1 heterocycles. The van der Waals surface area contributed by atoms with Crippen molar-refractivity contribution in [2.45, 2.75) is 44.9 Å². The van der Waals surface area contributed by atoms with Crippen molar-refractivity contribution in [1.29, 1.82) is 0 Å². The van der Waals surface area contributed by atoms with E-state index in [2.05, 4.69) is 0 Å². The van der Waals surface area contributed by atoms with Gasteiger partial charge in [0.2, 0.25) is 5.91 Å². The first-order valence-corrected chi connectivity index (χ1v) is 6.76. The van der Waals surface area contributed by atoms with E-state index in [9.17, 15) is 4.79 Å². The van der Waals surface area contributed by atoms with E-state index in [1.54, 1.807) is 5.06 Å². The molecule has 3 aliphatic rings. The van der Waals surface area contributed by atoms with Crippen molar-refractivity contribution in [3.8, 4) is 0 Å². The average molecular weight is 223 g/mol. The normalized spacial score (nSPS) is 38.0. The molecule has 3 unspecified atom stereocenters. The molecule has 0 aromatic rings. The number of carbonyl (C=O) groups excluding carboxylic acids is 1. The van der Waals surface area contributed by atoms with Gasteiger partial charge in [0.15, 0.2) is 0 Å². The Hall–Kier alpha value is -0.570. The standard InChI is InChI=1S/C13H21NO2/c15-13(14-5-1-2-6-16-14)9-12-8-10-3-4-11(12)7-10/h10-12H,1-9H2. The lowest BCUT2D eigenvalue weighted by Gasteiger charge is -2.28. The SMILES string of the molecule is O=C(CC1CC2CCC1C2)N1CCCCO1. The van der Waals surface area contributed by atoms with Crippen LogP contribution in [0.2, 0.25) is 0 Å². The fourth-order valence-electron chi connectivity index (χ4n) is 3.75. The van der Waals surface area contributed by atoms with Crippen molar-refractivity contribution >= 4 is 5.91 Å². The van der Waals surface area contributed by atoms with Crippen LogP contribution in [0.25, 0.3) is 0 Å². The second kappa shape index (κ2) is 4.36. The first kappa shape index (κ1) is 10.6. The minimum atomic E-state index is 0.234. The molecule has 1 aliphatic heterocycles. The minimum absolute atomic E-state index is 0.234. The number of hydroxylamine groups is 2. The molecule has 3 nitrogen and oxygen atoms in total. The molecule has 3 rings (SSSR count). The van der Waals surface area contributed by atoms with Crippen molar-refractivity contribution < 1.29 is 9.63 Å². The average Bonchev–Trinajstić information content (AvgIpc) is 2.92. The van der Waals surface area contributed by atoms with Gasteiger partial charge in [0.05, 0.1) is 6.61 Å². The first-order chi connectivity index (χ1) is 7.83. The molecular weight excluding hydrogens is 202 g/mol. The summed E-state index contributed by atoms with van der Waals surface area (Å²) in [6, 6.07) is 0. The molecule has 16 heavy (non-hydrogen) atoms. The van der Waals surface area contributed by atoms with Gasteiger partial charge in [-0.1, -0.05) is 6.42 Å². The largest absolute Gasteiger partial charge is 0.273 e. The fourth-order valence-corrected chi connectivity index (χ4v) is 3.75. The van der Waals surface area contributed by atoms with E-state index in [1.807, 2.05) is 0 Å². The molecule has 0 radical (unpaired) electrons. The summed E-state index contributed by atoms with van der Waals surface area (Å²) in [4.78, 5) is 17.4. The summed E-state index contributed by atoms with van der Waals surface area (Å²) in [5, 5.41) is 1.62. The van der Waals surface area contributed by atoms with E-state index in [4.69, 9.17) is 4.84 Å². The van der Waals surface area contributed by atoms with Crippen molar-refractivity contribution in [3.63, 3.8) is 0 Å². The summed E-state index contributed by atoms with van der Waals surface area (Å²) >= 11 is 0. The van der Waals surface area contributed by atoms with Gasteiger partial charge in [-0.25, -0.2) is 5.06 Å². The third kappa shape index (κ3) is 1.97. The van der Waals surface area contributed by atoms with Crippen LogP contribution >= 0.6 is 0 Å². The highest BCUT2D eigenvalue weighted by Gasteiger charge is 2.40. The number of fused-ring (bicyclic) bond motifs is 2. The van der Waals surface area contributed by atoms with E-state index in [1.165, 1.54) is 25.7 Å². The van der Waals surface area contributed by atoms with E-state index >= 15 is 0 Å². The van der Waals surface area contributed by atoms with Gasteiger partial charge in [-0.3, -0.25) is 9.63 Å². The second-order valence-electron chi connectivity index (χ2n) is 5.68. The molecule has 3 fully saturated rings. The quantitative estimate of drug-likeness (QED) is 0.719. The van der Waals surface area contributed by atoms with Crippen LogP contribution in [0, 0.1) is 17.8 Å². The van der Waals surface area contributed by atoms with Crippen molar-refractivity contribution in [2.75, 3.05) is 13.2 Å². The maximum atomic E-state index is 12.0. The maximum Gasteiger partial charge on any atom is 0.246 e. The van der Waals surface area contributed by atoms with E-state index in [0.717, 1.165) is 44.2 Å². The third-order valence-corrected chi connectivity index (χ3v) is 4.60. The van der Waals surface area contributed by atoms with E-state index in [-0.39, 0.29) is 5.91 Å². The van der Waals surface area contributed by atoms with Crippen LogP contribution in [0.1, 0.15) is 44.9 Å².